The molecule has 0 saturated carbocycles. The van der Waals surface area contributed by atoms with Crippen LogP contribution in [0, 0.1) is 0 Å². The minimum atomic E-state index is -4.31. The van der Waals surface area contributed by atoms with Crippen molar-refractivity contribution in [2.75, 3.05) is 12.4 Å². The maximum absolute atomic E-state index is 12.6. The van der Waals surface area contributed by atoms with Gasteiger partial charge in [0.15, 0.2) is 0 Å². The van der Waals surface area contributed by atoms with Gasteiger partial charge in [-0.3, -0.25) is 0 Å². The van der Waals surface area contributed by atoms with Crippen molar-refractivity contribution in [2.45, 2.75) is 12.7 Å². The van der Waals surface area contributed by atoms with E-state index in [0.717, 1.165) is 17.8 Å². The highest BCUT2D eigenvalue weighted by atomic mass is 19.4. The van der Waals surface area contributed by atoms with Crippen LogP contribution in [0.25, 0.3) is 0 Å². The Kier molecular flexibility index (Phi) is 4.17. The van der Waals surface area contributed by atoms with Crippen molar-refractivity contribution < 1.29 is 17.9 Å². The monoisotopic (exact) mass is 281 g/mol. The maximum atomic E-state index is 12.6. The van der Waals surface area contributed by atoms with Gasteiger partial charge in [-0.15, -0.1) is 0 Å². The molecule has 1 N–H and O–H groups in total. The van der Waals surface area contributed by atoms with Crippen molar-refractivity contribution in [1.82, 2.24) is 0 Å². The lowest BCUT2D eigenvalue weighted by molar-refractivity contribution is -0.137. The topological polar surface area (TPSA) is 21.3 Å². The van der Waals surface area contributed by atoms with E-state index in [1.54, 1.807) is 25.3 Å². The lowest BCUT2D eigenvalue weighted by Gasteiger charge is -2.11. The van der Waals surface area contributed by atoms with E-state index in [9.17, 15) is 13.2 Å². The van der Waals surface area contributed by atoms with Crippen LogP contribution < -0.4 is 10.1 Å². The average molecular weight is 281 g/mol. The standard InChI is InChI=1S/C15H14F3NO/c1-20-14-7-3-6-13(9-14)19-10-11-4-2-5-12(8-11)15(16,17)18/h2-9,19H,10H2,1H3. The summed E-state index contributed by atoms with van der Waals surface area (Å²) in [5.74, 6) is 0.694. The molecule has 0 bridgehead atoms. The van der Waals surface area contributed by atoms with Gasteiger partial charge in [0, 0.05) is 18.3 Å². The zero-order valence-corrected chi connectivity index (χ0v) is 10.9. The fourth-order valence-corrected chi connectivity index (χ4v) is 1.79. The molecule has 2 nitrogen and oxygen atoms in total. The van der Waals surface area contributed by atoms with Crippen LogP contribution in [0.3, 0.4) is 0 Å². The van der Waals surface area contributed by atoms with E-state index in [2.05, 4.69) is 5.32 Å². The minimum absolute atomic E-state index is 0.317. The fourth-order valence-electron chi connectivity index (χ4n) is 1.79. The molecule has 0 radical (unpaired) electrons. The summed E-state index contributed by atoms with van der Waals surface area (Å²) in [4.78, 5) is 0. The Hall–Kier alpha value is -2.17. The second kappa shape index (κ2) is 5.86. The molecule has 2 aromatic rings. The highest BCUT2D eigenvalue weighted by molar-refractivity contribution is 5.48. The summed E-state index contributed by atoms with van der Waals surface area (Å²) in [6.45, 7) is 0.317. The summed E-state index contributed by atoms with van der Waals surface area (Å²) < 4.78 is 42.9. The number of hydrogen-bond acceptors (Lipinski definition) is 2. The maximum Gasteiger partial charge on any atom is 0.416 e. The second-order valence-corrected chi connectivity index (χ2v) is 4.28. The molecule has 0 aliphatic heterocycles. The summed E-state index contributed by atoms with van der Waals surface area (Å²) in [5.41, 5.74) is 0.729. The normalized spacial score (nSPS) is 11.2. The molecule has 0 aliphatic rings. The van der Waals surface area contributed by atoms with Crippen molar-refractivity contribution in [3.05, 3.63) is 59.7 Å². The van der Waals surface area contributed by atoms with Gasteiger partial charge in [0.25, 0.3) is 0 Å². The molecule has 5 heteroatoms. The third kappa shape index (κ3) is 3.66. The molecule has 0 atom stereocenters. The first-order valence-corrected chi connectivity index (χ1v) is 6.03. The molecule has 0 spiro atoms. The van der Waals surface area contributed by atoms with Crippen LogP contribution in [-0.2, 0) is 12.7 Å². The van der Waals surface area contributed by atoms with Gasteiger partial charge in [0.1, 0.15) is 5.75 Å². The molecule has 106 valence electrons. The third-order valence-corrected chi connectivity index (χ3v) is 2.82. The molecule has 2 aromatic carbocycles. The predicted octanol–water partition coefficient (Wildman–Crippen LogP) is 4.33. The highest BCUT2D eigenvalue weighted by Gasteiger charge is 2.30. The summed E-state index contributed by atoms with van der Waals surface area (Å²) in [5, 5.41) is 3.07. The summed E-state index contributed by atoms with van der Waals surface area (Å²) in [6.07, 6.45) is -4.31. The van der Waals surface area contributed by atoms with Crippen molar-refractivity contribution in [1.29, 1.82) is 0 Å². The highest BCUT2D eigenvalue weighted by Crippen LogP contribution is 2.29. The molecule has 20 heavy (non-hydrogen) atoms. The van der Waals surface area contributed by atoms with Gasteiger partial charge in [0.2, 0.25) is 0 Å². The van der Waals surface area contributed by atoms with E-state index in [1.165, 1.54) is 6.07 Å². The second-order valence-electron chi connectivity index (χ2n) is 4.28. The van der Waals surface area contributed by atoms with Gasteiger partial charge < -0.3 is 10.1 Å². The molecule has 0 unspecified atom stereocenters. The molecule has 0 heterocycles. The number of rotatable bonds is 4. The van der Waals surface area contributed by atoms with E-state index in [4.69, 9.17) is 4.74 Å². The number of hydrogen-bond donors (Lipinski definition) is 1. The number of ether oxygens (including phenoxy) is 1. The molecule has 0 aromatic heterocycles. The predicted molar refractivity (Wildman–Crippen MR) is 71.8 cm³/mol. The van der Waals surface area contributed by atoms with Gasteiger partial charge in [-0.25, -0.2) is 0 Å². The average Bonchev–Trinajstić information content (AvgIpc) is 2.45. The lowest BCUT2D eigenvalue weighted by atomic mass is 10.1. The van der Waals surface area contributed by atoms with Gasteiger partial charge in [0.05, 0.1) is 12.7 Å². The molecular weight excluding hydrogens is 267 g/mol. The van der Waals surface area contributed by atoms with Crippen LogP contribution in [0.2, 0.25) is 0 Å². The molecule has 0 amide bonds. The number of nitrogens with one attached hydrogen (secondary N) is 1. The summed E-state index contributed by atoms with van der Waals surface area (Å²) >= 11 is 0. The first kappa shape index (κ1) is 14.2. The number of benzene rings is 2. The van der Waals surface area contributed by atoms with Crippen molar-refractivity contribution >= 4 is 5.69 Å². The van der Waals surface area contributed by atoms with Crippen LogP contribution in [0.15, 0.2) is 48.5 Å². The number of methoxy groups -OCH3 is 1. The Balaban J connectivity index is 2.07. The van der Waals surface area contributed by atoms with Crippen LogP contribution in [0.4, 0.5) is 18.9 Å². The fraction of sp³-hybridized carbons (Fsp3) is 0.200. The van der Waals surface area contributed by atoms with E-state index < -0.39 is 11.7 Å². The molecule has 2 rings (SSSR count). The van der Waals surface area contributed by atoms with Crippen molar-refractivity contribution in [3.63, 3.8) is 0 Å². The zero-order chi connectivity index (χ0) is 14.6. The van der Waals surface area contributed by atoms with Crippen LogP contribution in [-0.4, -0.2) is 7.11 Å². The van der Waals surface area contributed by atoms with E-state index in [0.29, 0.717) is 17.9 Å². The lowest BCUT2D eigenvalue weighted by Crippen LogP contribution is -2.06. The smallest absolute Gasteiger partial charge is 0.416 e. The number of anilines is 1. The Bertz CT molecular complexity index is 581. The Labute approximate surface area is 115 Å². The first-order chi connectivity index (χ1) is 9.49. The minimum Gasteiger partial charge on any atom is -0.497 e. The van der Waals surface area contributed by atoms with Crippen molar-refractivity contribution in [3.8, 4) is 5.75 Å². The molecule has 0 fully saturated rings. The Morgan fingerprint density at radius 3 is 2.50 bits per heavy atom. The first-order valence-electron chi connectivity index (χ1n) is 6.03. The van der Waals surface area contributed by atoms with Crippen LogP contribution in [0.5, 0.6) is 5.75 Å². The van der Waals surface area contributed by atoms with E-state index in [-0.39, 0.29) is 0 Å². The summed E-state index contributed by atoms with van der Waals surface area (Å²) in [6, 6.07) is 12.5. The Morgan fingerprint density at radius 1 is 1.05 bits per heavy atom. The van der Waals surface area contributed by atoms with E-state index >= 15 is 0 Å². The zero-order valence-electron chi connectivity index (χ0n) is 10.9. The molecule has 0 saturated heterocycles. The van der Waals surface area contributed by atoms with Gasteiger partial charge >= 0.3 is 6.18 Å². The van der Waals surface area contributed by atoms with Crippen LogP contribution in [0.1, 0.15) is 11.1 Å². The third-order valence-electron chi connectivity index (χ3n) is 2.82. The quantitative estimate of drug-likeness (QED) is 0.900. The SMILES string of the molecule is COc1cccc(NCc2cccc(C(F)(F)F)c2)c1. The van der Waals surface area contributed by atoms with E-state index in [1.807, 2.05) is 12.1 Å². The Morgan fingerprint density at radius 2 is 1.80 bits per heavy atom. The number of alkyl halides is 3. The van der Waals surface area contributed by atoms with Gasteiger partial charge in [-0.2, -0.15) is 13.2 Å². The van der Waals surface area contributed by atoms with Crippen LogP contribution >= 0.6 is 0 Å². The molecular formula is C15H14F3NO. The molecule has 0 aliphatic carbocycles. The van der Waals surface area contributed by atoms with Gasteiger partial charge in [-0.05, 0) is 29.8 Å². The summed E-state index contributed by atoms with van der Waals surface area (Å²) in [7, 11) is 1.56. The largest absolute Gasteiger partial charge is 0.497 e. The van der Waals surface area contributed by atoms with Gasteiger partial charge in [-0.1, -0.05) is 18.2 Å². The number of halogens is 3. The van der Waals surface area contributed by atoms with Crippen molar-refractivity contribution in [2.24, 2.45) is 0 Å².